The van der Waals surface area contributed by atoms with Gasteiger partial charge in [0.05, 0.1) is 12.9 Å². The Bertz CT molecular complexity index is 1350. The molecule has 0 bridgehead atoms. The molecule has 1 N–H and O–H groups in total. The molecule has 0 spiro atoms. The summed E-state index contributed by atoms with van der Waals surface area (Å²) in [5.74, 6) is -0.480. The SMILES string of the molecule is COC(=O)c1c(-c2ccc(F)cc2)csc1NC(=O)CSc1nnc(-c2cccc(C)c2)n1C. The third kappa shape index (κ3) is 5.02. The van der Waals surface area contributed by atoms with Gasteiger partial charge in [-0.1, -0.05) is 47.7 Å². The molecule has 0 aliphatic carbocycles. The molecule has 0 unspecified atom stereocenters. The lowest BCUT2D eigenvalue weighted by molar-refractivity contribution is -0.113. The third-order valence-corrected chi connectivity index (χ3v) is 6.95. The van der Waals surface area contributed by atoms with E-state index in [1.54, 1.807) is 17.5 Å². The number of hydrogen-bond acceptors (Lipinski definition) is 7. The van der Waals surface area contributed by atoms with Gasteiger partial charge < -0.3 is 14.6 Å². The number of methoxy groups -OCH3 is 1. The Labute approximate surface area is 204 Å². The molecule has 10 heteroatoms. The normalized spacial score (nSPS) is 10.8. The molecule has 4 aromatic rings. The average Bonchev–Trinajstić information content (AvgIpc) is 3.41. The van der Waals surface area contributed by atoms with Gasteiger partial charge in [0, 0.05) is 23.6 Å². The Morgan fingerprint density at radius 3 is 2.62 bits per heavy atom. The fourth-order valence-electron chi connectivity index (χ4n) is 3.37. The number of anilines is 1. The Morgan fingerprint density at radius 1 is 1.15 bits per heavy atom. The number of esters is 1. The van der Waals surface area contributed by atoms with Crippen LogP contribution in [-0.2, 0) is 16.6 Å². The quantitative estimate of drug-likeness (QED) is 0.280. The molecule has 0 fully saturated rings. The Hall–Kier alpha value is -3.50. The van der Waals surface area contributed by atoms with Crippen molar-refractivity contribution in [3.8, 4) is 22.5 Å². The van der Waals surface area contributed by atoms with Crippen molar-refractivity contribution < 1.29 is 18.7 Å². The lowest BCUT2D eigenvalue weighted by atomic mass is 10.0. The number of benzene rings is 2. The van der Waals surface area contributed by atoms with Crippen LogP contribution in [0, 0.1) is 12.7 Å². The van der Waals surface area contributed by atoms with E-state index in [1.165, 1.54) is 42.3 Å². The van der Waals surface area contributed by atoms with E-state index in [0.717, 1.165) is 11.1 Å². The summed E-state index contributed by atoms with van der Waals surface area (Å²) < 4.78 is 20.1. The van der Waals surface area contributed by atoms with Gasteiger partial charge in [0.2, 0.25) is 5.91 Å². The van der Waals surface area contributed by atoms with Gasteiger partial charge in [0.25, 0.3) is 0 Å². The number of thioether (sulfide) groups is 1. The summed E-state index contributed by atoms with van der Waals surface area (Å²) in [6, 6.07) is 13.7. The zero-order chi connectivity index (χ0) is 24.2. The summed E-state index contributed by atoms with van der Waals surface area (Å²) in [5.41, 5.74) is 3.51. The van der Waals surface area contributed by atoms with E-state index in [0.29, 0.717) is 27.1 Å². The predicted octanol–water partition coefficient (Wildman–Crippen LogP) is 5.18. The number of nitrogens with zero attached hydrogens (tertiary/aromatic N) is 3. The smallest absolute Gasteiger partial charge is 0.341 e. The summed E-state index contributed by atoms with van der Waals surface area (Å²) in [7, 11) is 3.12. The van der Waals surface area contributed by atoms with Crippen molar-refractivity contribution in [2.75, 3.05) is 18.2 Å². The van der Waals surface area contributed by atoms with Crippen LogP contribution in [-0.4, -0.2) is 39.5 Å². The Morgan fingerprint density at radius 2 is 1.91 bits per heavy atom. The van der Waals surface area contributed by atoms with Crippen molar-refractivity contribution in [3.63, 3.8) is 0 Å². The maximum atomic E-state index is 13.3. The second-order valence-corrected chi connectivity index (χ2v) is 9.25. The lowest BCUT2D eigenvalue weighted by Crippen LogP contribution is -2.16. The molecule has 34 heavy (non-hydrogen) atoms. The fraction of sp³-hybridized carbons (Fsp3) is 0.167. The van der Waals surface area contributed by atoms with Crippen molar-refractivity contribution in [1.82, 2.24) is 14.8 Å². The summed E-state index contributed by atoms with van der Waals surface area (Å²) in [6.07, 6.45) is 0. The summed E-state index contributed by atoms with van der Waals surface area (Å²) >= 11 is 2.45. The van der Waals surface area contributed by atoms with E-state index in [1.807, 2.05) is 42.8 Å². The van der Waals surface area contributed by atoms with Gasteiger partial charge >= 0.3 is 5.97 Å². The molecule has 1 amide bonds. The number of amides is 1. The van der Waals surface area contributed by atoms with Gasteiger partial charge in [-0.25, -0.2) is 9.18 Å². The van der Waals surface area contributed by atoms with Gasteiger partial charge in [0.1, 0.15) is 16.4 Å². The molecule has 0 radical (unpaired) electrons. The van der Waals surface area contributed by atoms with Gasteiger partial charge in [-0.3, -0.25) is 4.79 Å². The second-order valence-electron chi connectivity index (χ2n) is 7.42. The first-order valence-corrected chi connectivity index (χ1v) is 12.1. The first kappa shape index (κ1) is 23.7. The van der Waals surface area contributed by atoms with Gasteiger partial charge in [-0.05, 0) is 30.7 Å². The molecule has 0 atom stereocenters. The topological polar surface area (TPSA) is 86.1 Å². The molecule has 0 aliphatic rings. The minimum absolute atomic E-state index is 0.0736. The highest BCUT2D eigenvalue weighted by molar-refractivity contribution is 7.99. The van der Waals surface area contributed by atoms with E-state index in [2.05, 4.69) is 15.5 Å². The standard InChI is InChI=1S/C24H21FN4O3S2/c1-14-5-4-6-16(11-14)21-27-28-24(29(21)2)34-13-19(30)26-22-20(23(31)32-3)18(12-33-22)15-7-9-17(25)10-8-15/h4-12H,13H2,1-3H3,(H,26,30). The van der Waals surface area contributed by atoms with E-state index < -0.39 is 5.97 Å². The van der Waals surface area contributed by atoms with Crippen LogP contribution in [0.25, 0.3) is 22.5 Å². The van der Waals surface area contributed by atoms with E-state index in [9.17, 15) is 14.0 Å². The summed E-state index contributed by atoms with van der Waals surface area (Å²) in [4.78, 5) is 25.1. The van der Waals surface area contributed by atoms with Crippen molar-refractivity contribution >= 4 is 40.0 Å². The molecule has 0 saturated carbocycles. The number of halogens is 1. The van der Waals surface area contributed by atoms with E-state index >= 15 is 0 Å². The van der Waals surface area contributed by atoms with Crippen LogP contribution < -0.4 is 5.32 Å². The number of carbonyl (C=O) groups excluding carboxylic acids is 2. The van der Waals surface area contributed by atoms with Gasteiger partial charge in [-0.2, -0.15) is 0 Å². The molecule has 2 aromatic heterocycles. The highest BCUT2D eigenvalue weighted by Crippen LogP contribution is 2.36. The monoisotopic (exact) mass is 496 g/mol. The number of ether oxygens (including phenoxy) is 1. The first-order chi connectivity index (χ1) is 16.4. The van der Waals surface area contributed by atoms with Crippen molar-refractivity contribution in [2.24, 2.45) is 7.05 Å². The number of nitrogens with one attached hydrogen (secondary N) is 1. The first-order valence-electron chi connectivity index (χ1n) is 10.2. The van der Waals surface area contributed by atoms with Crippen LogP contribution in [0.3, 0.4) is 0 Å². The molecular formula is C24H21FN4O3S2. The number of rotatable bonds is 7. The third-order valence-electron chi connectivity index (χ3n) is 5.03. The second kappa shape index (κ2) is 10.2. The number of carbonyl (C=O) groups is 2. The van der Waals surface area contributed by atoms with Gasteiger partial charge in [0.15, 0.2) is 11.0 Å². The van der Waals surface area contributed by atoms with E-state index in [-0.39, 0.29) is 23.0 Å². The molecule has 174 valence electrons. The van der Waals surface area contributed by atoms with Gasteiger partial charge in [-0.15, -0.1) is 21.5 Å². The predicted molar refractivity (Wildman–Crippen MR) is 132 cm³/mol. The average molecular weight is 497 g/mol. The highest BCUT2D eigenvalue weighted by Gasteiger charge is 2.23. The number of aryl methyl sites for hydroxylation is 1. The fourth-order valence-corrected chi connectivity index (χ4v) is 5.05. The number of hydrogen-bond donors (Lipinski definition) is 1. The van der Waals surface area contributed by atoms with Crippen molar-refractivity contribution in [3.05, 3.63) is 70.9 Å². The summed E-state index contributed by atoms with van der Waals surface area (Å²) in [5, 5.41) is 14.0. The van der Waals surface area contributed by atoms with Crippen LogP contribution in [0.1, 0.15) is 15.9 Å². The lowest BCUT2D eigenvalue weighted by Gasteiger charge is -2.08. The number of thiophene rings is 1. The Balaban J connectivity index is 1.49. The zero-order valence-electron chi connectivity index (χ0n) is 18.7. The molecule has 2 heterocycles. The zero-order valence-corrected chi connectivity index (χ0v) is 20.3. The maximum Gasteiger partial charge on any atom is 0.341 e. The largest absolute Gasteiger partial charge is 0.465 e. The van der Waals surface area contributed by atoms with Crippen LogP contribution in [0.4, 0.5) is 9.39 Å². The summed E-state index contributed by atoms with van der Waals surface area (Å²) in [6.45, 7) is 2.01. The molecule has 7 nitrogen and oxygen atoms in total. The van der Waals surface area contributed by atoms with Crippen LogP contribution >= 0.6 is 23.1 Å². The molecule has 2 aromatic carbocycles. The molecule has 4 rings (SSSR count). The molecule has 0 aliphatic heterocycles. The highest BCUT2D eigenvalue weighted by atomic mass is 32.2. The molecule has 0 saturated heterocycles. The maximum absolute atomic E-state index is 13.3. The Kier molecular flexibility index (Phi) is 7.09. The minimum Gasteiger partial charge on any atom is -0.465 e. The molecular weight excluding hydrogens is 475 g/mol. The van der Waals surface area contributed by atoms with E-state index in [4.69, 9.17) is 4.74 Å². The van der Waals surface area contributed by atoms with Crippen molar-refractivity contribution in [2.45, 2.75) is 12.1 Å². The number of aromatic nitrogens is 3. The van der Waals surface area contributed by atoms with Crippen LogP contribution in [0.2, 0.25) is 0 Å². The van der Waals surface area contributed by atoms with Crippen LogP contribution in [0.15, 0.2) is 59.1 Å². The van der Waals surface area contributed by atoms with Crippen molar-refractivity contribution in [1.29, 1.82) is 0 Å². The minimum atomic E-state index is -0.584. The van der Waals surface area contributed by atoms with Crippen LogP contribution in [0.5, 0.6) is 0 Å².